The molecule has 44 heavy (non-hydrogen) atoms. The number of benzene rings is 4. The Bertz CT molecular complexity index is 1650. The van der Waals surface area contributed by atoms with Crippen LogP contribution in [-0.2, 0) is 22.5 Å². The van der Waals surface area contributed by atoms with Crippen LogP contribution in [0, 0.1) is 0 Å². The van der Waals surface area contributed by atoms with Gasteiger partial charge in [0.2, 0.25) is 5.91 Å². The number of rotatable bonds is 14. The van der Waals surface area contributed by atoms with Crippen molar-refractivity contribution < 1.29 is 19.1 Å². The van der Waals surface area contributed by atoms with E-state index in [9.17, 15) is 9.59 Å². The van der Waals surface area contributed by atoms with Crippen molar-refractivity contribution in [1.29, 1.82) is 0 Å². The van der Waals surface area contributed by atoms with Gasteiger partial charge in [-0.25, -0.2) is 0 Å². The molecular weight excluding hydrogens is 550 g/mol. The molecule has 0 unspecified atom stereocenters. The van der Waals surface area contributed by atoms with E-state index in [2.05, 4.69) is 11.1 Å². The molecule has 5 aromatic rings. The van der Waals surface area contributed by atoms with E-state index >= 15 is 0 Å². The van der Waals surface area contributed by atoms with E-state index in [1.165, 1.54) is 0 Å². The summed E-state index contributed by atoms with van der Waals surface area (Å²) in [7, 11) is 1.60. The molecule has 1 heterocycles. The first-order chi connectivity index (χ1) is 21.6. The third kappa shape index (κ3) is 7.74. The molecule has 0 saturated carbocycles. The van der Waals surface area contributed by atoms with Gasteiger partial charge in [-0.15, -0.1) is 0 Å². The van der Waals surface area contributed by atoms with Gasteiger partial charge in [-0.05, 0) is 65.9 Å². The largest absolute Gasteiger partial charge is 0.494 e. The molecule has 1 aromatic heterocycles. The summed E-state index contributed by atoms with van der Waals surface area (Å²) >= 11 is 0. The van der Waals surface area contributed by atoms with E-state index in [1.54, 1.807) is 12.0 Å². The average Bonchev–Trinajstić information content (AvgIpc) is 3.49. The molecule has 0 bridgehead atoms. The molecule has 0 saturated heterocycles. The van der Waals surface area contributed by atoms with Crippen LogP contribution < -0.4 is 4.74 Å². The van der Waals surface area contributed by atoms with Crippen molar-refractivity contribution in [3.05, 3.63) is 126 Å². The Balaban J connectivity index is 1.34. The SMILES string of the molecule is CCOc1ccc(CN(CCc2c[nH]c3ccccc23)C(=O)CN(CCOC)C(=O)c2ccc(-c3ccccc3)cc2)cc1. The van der Waals surface area contributed by atoms with E-state index in [0.29, 0.717) is 44.8 Å². The van der Waals surface area contributed by atoms with Gasteiger partial charge >= 0.3 is 0 Å². The van der Waals surface area contributed by atoms with Crippen molar-refractivity contribution in [3.8, 4) is 16.9 Å². The fraction of sp³-hybridized carbons (Fsp3) is 0.243. The van der Waals surface area contributed by atoms with Crippen LogP contribution >= 0.6 is 0 Å². The maximum absolute atomic E-state index is 13.9. The molecule has 2 amide bonds. The zero-order valence-electron chi connectivity index (χ0n) is 25.4. The summed E-state index contributed by atoms with van der Waals surface area (Å²) in [6.45, 7) is 4.06. The van der Waals surface area contributed by atoms with E-state index < -0.39 is 0 Å². The summed E-state index contributed by atoms with van der Waals surface area (Å²) in [5.41, 5.74) is 5.85. The van der Waals surface area contributed by atoms with Crippen molar-refractivity contribution in [2.24, 2.45) is 0 Å². The topological polar surface area (TPSA) is 74.9 Å². The number of H-pyrrole nitrogens is 1. The van der Waals surface area contributed by atoms with Crippen LogP contribution in [0.1, 0.15) is 28.4 Å². The van der Waals surface area contributed by atoms with Gasteiger partial charge in [-0.2, -0.15) is 0 Å². The second kappa shape index (κ2) is 15.0. The van der Waals surface area contributed by atoms with Gasteiger partial charge < -0.3 is 24.3 Å². The Labute approximate surface area is 259 Å². The average molecular weight is 590 g/mol. The summed E-state index contributed by atoms with van der Waals surface area (Å²) in [5, 5.41) is 1.15. The molecule has 0 aliphatic rings. The number of hydrogen-bond acceptors (Lipinski definition) is 4. The van der Waals surface area contributed by atoms with Crippen LogP contribution in [0.15, 0.2) is 109 Å². The number of aromatic amines is 1. The molecule has 5 rings (SSSR count). The van der Waals surface area contributed by atoms with Gasteiger partial charge in [-0.3, -0.25) is 9.59 Å². The highest BCUT2D eigenvalue weighted by Gasteiger charge is 2.23. The summed E-state index contributed by atoms with van der Waals surface area (Å²) in [5.74, 6) is 0.472. The van der Waals surface area contributed by atoms with Crippen molar-refractivity contribution in [2.75, 3.05) is 40.0 Å². The number of methoxy groups -OCH3 is 1. The van der Waals surface area contributed by atoms with E-state index in [0.717, 1.165) is 38.9 Å². The number of hydrogen-bond donors (Lipinski definition) is 1. The number of aromatic nitrogens is 1. The predicted molar refractivity (Wildman–Crippen MR) is 175 cm³/mol. The van der Waals surface area contributed by atoms with Crippen LogP contribution in [0.2, 0.25) is 0 Å². The summed E-state index contributed by atoms with van der Waals surface area (Å²) in [6, 6.07) is 33.6. The lowest BCUT2D eigenvalue weighted by Gasteiger charge is -2.28. The van der Waals surface area contributed by atoms with Crippen molar-refractivity contribution in [2.45, 2.75) is 19.9 Å². The Morgan fingerprint density at radius 3 is 2.20 bits per heavy atom. The highest BCUT2D eigenvalue weighted by Crippen LogP contribution is 2.22. The molecule has 4 aromatic carbocycles. The number of amides is 2. The third-order valence-corrected chi connectivity index (χ3v) is 7.70. The molecular formula is C37H39N3O4. The van der Waals surface area contributed by atoms with Gasteiger partial charge in [-0.1, -0.05) is 72.8 Å². The van der Waals surface area contributed by atoms with E-state index in [-0.39, 0.29) is 18.4 Å². The lowest BCUT2D eigenvalue weighted by molar-refractivity contribution is -0.132. The number of ether oxygens (including phenoxy) is 2. The van der Waals surface area contributed by atoms with Crippen molar-refractivity contribution >= 4 is 22.7 Å². The molecule has 0 radical (unpaired) electrons. The minimum atomic E-state index is -0.201. The molecule has 7 heteroatoms. The van der Waals surface area contributed by atoms with Crippen LogP contribution in [-0.4, -0.2) is 66.6 Å². The van der Waals surface area contributed by atoms with Crippen LogP contribution in [0.4, 0.5) is 0 Å². The third-order valence-electron chi connectivity index (χ3n) is 7.70. The quantitative estimate of drug-likeness (QED) is 0.159. The Hall–Kier alpha value is -4.88. The molecule has 0 fully saturated rings. The molecule has 0 atom stereocenters. The number of para-hydroxylation sites is 1. The number of fused-ring (bicyclic) bond motifs is 1. The maximum Gasteiger partial charge on any atom is 0.254 e. The molecule has 1 N–H and O–H groups in total. The number of carbonyl (C=O) groups excluding carboxylic acids is 2. The minimum Gasteiger partial charge on any atom is -0.494 e. The number of nitrogens with one attached hydrogen (secondary N) is 1. The summed E-state index contributed by atoms with van der Waals surface area (Å²) < 4.78 is 10.9. The monoisotopic (exact) mass is 589 g/mol. The molecule has 7 nitrogen and oxygen atoms in total. The van der Waals surface area contributed by atoms with Gasteiger partial charge in [0, 0.05) is 49.4 Å². The fourth-order valence-corrected chi connectivity index (χ4v) is 5.30. The van der Waals surface area contributed by atoms with Crippen LogP contribution in [0.5, 0.6) is 5.75 Å². The smallest absolute Gasteiger partial charge is 0.254 e. The van der Waals surface area contributed by atoms with E-state index in [1.807, 2.05) is 115 Å². The van der Waals surface area contributed by atoms with Crippen molar-refractivity contribution in [1.82, 2.24) is 14.8 Å². The number of nitrogens with zero attached hydrogens (tertiary/aromatic N) is 2. The van der Waals surface area contributed by atoms with Gasteiger partial charge in [0.25, 0.3) is 5.91 Å². The second-order valence-corrected chi connectivity index (χ2v) is 10.7. The summed E-state index contributed by atoms with van der Waals surface area (Å²) in [4.78, 5) is 34.4. The highest BCUT2D eigenvalue weighted by molar-refractivity contribution is 5.97. The lowest BCUT2D eigenvalue weighted by Crippen LogP contribution is -2.44. The normalized spacial score (nSPS) is 11.0. The number of carbonyl (C=O) groups is 2. The molecule has 0 aliphatic heterocycles. The standard InChI is InChI=1S/C37H39N3O4/c1-3-44-33-19-13-28(14-20-33)26-39(22-21-32-25-38-35-12-8-7-11-34(32)35)36(41)27-40(23-24-43-2)37(42)31-17-15-30(16-18-31)29-9-5-4-6-10-29/h4-20,25,38H,3,21-24,26-27H2,1-2H3. The highest BCUT2D eigenvalue weighted by atomic mass is 16.5. The van der Waals surface area contributed by atoms with Crippen molar-refractivity contribution in [3.63, 3.8) is 0 Å². The molecule has 226 valence electrons. The van der Waals surface area contributed by atoms with Gasteiger partial charge in [0.1, 0.15) is 12.3 Å². The molecule has 0 spiro atoms. The zero-order chi connectivity index (χ0) is 30.7. The van der Waals surface area contributed by atoms with Crippen LogP contribution in [0.3, 0.4) is 0 Å². The summed E-state index contributed by atoms with van der Waals surface area (Å²) in [6.07, 6.45) is 2.69. The van der Waals surface area contributed by atoms with E-state index in [4.69, 9.17) is 9.47 Å². The predicted octanol–water partition coefficient (Wildman–Crippen LogP) is 6.59. The zero-order valence-corrected chi connectivity index (χ0v) is 25.4. The van der Waals surface area contributed by atoms with Crippen LogP contribution in [0.25, 0.3) is 22.0 Å². The van der Waals surface area contributed by atoms with Gasteiger partial charge in [0.15, 0.2) is 0 Å². The Morgan fingerprint density at radius 2 is 1.48 bits per heavy atom. The fourth-order valence-electron chi connectivity index (χ4n) is 5.30. The first kappa shape index (κ1) is 30.6. The first-order valence-electron chi connectivity index (χ1n) is 15.0. The second-order valence-electron chi connectivity index (χ2n) is 10.7. The Kier molecular flexibility index (Phi) is 10.4. The minimum absolute atomic E-state index is 0.0481. The maximum atomic E-state index is 13.9. The lowest BCUT2D eigenvalue weighted by atomic mass is 10.0. The molecule has 0 aliphatic carbocycles. The first-order valence-corrected chi connectivity index (χ1v) is 15.0. The Morgan fingerprint density at radius 1 is 0.773 bits per heavy atom. The van der Waals surface area contributed by atoms with Gasteiger partial charge in [0.05, 0.1) is 13.2 Å².